The van der Waals surface area contributed by atoms with Gasteiger partial charge in [0.1, 0.15) is 5.52 Å². The number of halogens is 1. The first-order valence-electron chi connectivity index (χ1n) is 17.3. The van der Waals surface area contributed by atoms with Gasteiger partial charge >= 0.3 is 5.97 Å². The fourth-order valence-electron chi connectivity index (χ4n) is 7.49. The minimum absolute atomic E-state index is 0.0212. The number of rotatable bonds is 9. The summed E-state index contributed by atoms with van der Waals surface area (Å²) in [4.78, 5) is 53.1. The van der Waals surface area contributed by atoms with Crippen LogP contribution >= 0.6 is 11.6 Å². The highest BCUT2D eigenvalue weighted by Crippen LogP contribution is 2.39. The minimum atomic E-state index is -0.321. The third kappa shape index (κ3) is 6.96. The number of nitrogens with one attached hydrogen (secondary N) is 2. The van der Waals surface area contributed by atoms with Crippen LogP contribution in [0, 0.1) is 18.8 Å². The van der Waals surface area contributed by atoms with E-state index in [9.17, 15) is 14.4 Å². The van der Waals surface area contributed by atoms with Crippen LogP contribution in [0.2, 0.25) is 5.02 Å². The van der Waals surface area contributed by atoms with Gasteiger partial charge in [-0.1, -0.05) is 35.9 Å². The molecule has 0 bridgehead atoms. The average molecular weight is 706 g/mol. The first kappa shape index (κ1) is 34.3. The predicted molar refractivity (Wildman–Crippen MR) is 197 cm³/mol. The van der Waals surface area contributed by atoms with Crippen molar-refractivity contribution in [3.05, 3.63) is 94.3 Å². The largest absolute Gasteiger partial charge is 0.469 e. The fraction of sp³-hybridized carbons (Fsp3) is 0.333. The van der Waals surface area contributed by atoms with Gasteiger partial charge in [0.15, 0.2) is 17.9 Å². The number of pyridine rings is 2. The Bertz CT molecular complexity index is 2140. The number of ether oxygens (including phenoxy) is 1. The number of esters is 1. The molecular formula is C39H40ClN7O4. The molecule has 0 atom stereocenters. The van der Waals surface area contributed by atoms with Crippen LogP contribution in [-0.2, 0) is 29.5 Å². The van der Waals surface area contributed by atoms with Gasteiger partial charge in [0.25, 0.3) is 5.91 Å². The molecule has 262 valence electrons. The van der Waals surface area contributed by atoms with Crippen LogP contribution in [0.25, 0.3) is 22.0 Å². The summed E-state index contributed by atoms with van der Waals surface area (Å²) in [5.74, 6) is 1.07. The summed E-state index contributed by atoms with van der Waals surface area (Å²) in [6.45, 7) is 4.55. The molecule has 12 heteroatoms. The summed E-state index contributed by atoms with van der Waals surface area (Å²) >= 11 is 7.01. The SMILES string of the molecule is COC(=O)[C@H]1CC[C@H](CN2CCc3c(nc(C(=O)Nc4cccc(-c5cccc(Nc6nccc7cc(C=O)cnc67)c5C)c4Cl)n3C)C2)CC1. The topological polar surface area (TPSA) is 131 Å². The molecule has 7 rings (SSSR count). The van der Waals surface area contributed by atoms with E-state index in [1.807, 2.05) is 54.9 Å². The second-order valence-corrected chi connectivity index (χ2v) is 13.8. The van der Waals surface area contributed by atoms with Crippen molar-refractivity contribution in [2.45, 2.75) is 45.6 Å². The van der Waals surface area contributed by atoms with Crippen LogP contribution in [0.3, 0.4) is 0 Å². The number of benzene rings is 2. The van der Waals surface area contributed by atoms with Gasteiger partial charge < -0.3 is 19.9 Å². The van der Waals surface area contributed by atoms with Gasteiger partial charge in [0.05, 0.1) is 29.4 Å². The van der Waals surface area contributed by atoms with Gasteiger partial charge in [-0.3, -0.25) is 24.3 Å². The average Bonchev–Trinajstić information content (AvgIpc) is 3.48. The molecule has 1 fully saturated rings. The number of hydrogen-bond acceptors (Lipinski definition) is 9. The Morgan fingerprint density at radius 1 is 1.04 bits per heavy atom. The highest BCUT2D eigenvalue weighted by molar-refractivity contribution is 6.36. The van der Waals surface area contributed by atoms with Crippen molar-refractivity contribution in [1.82, 2.24) is 24.4 Å². The predicted octanol–water partition coefficient (Wildman–Crippen LogP) is 7.14. The zero-order valence-electron chi connectivity index (χ0n) is 28.9. The first-order chi connectivity index (χ1) is 24.7. The summed E-state index contributed by atoms with van der Waals surface area (Å²) in [6.07, 6.45) is 8.58. The normalized spacial score (nSPS) is 17.5. The van der Waals surface area contributed by atoms with E-state index in [0.717, 1.165) is 90.6 Å². The van der Waals surface area contributed by atoms with Crippen molar-refractivity contribution in [3.8, 4) is 11.1 Å². The van der Waals surface area contributed by atoms with Crippen molar-refractivity contribution in [2.24, 2.45) is 18.9 Å². The lowest BCUT2D eigenvalue weighted by molar-refractivity contribution is -0.146. The Morgan fingerprint density at radius 3 is 2.57 bits per heavy atom. The maximum atomic E-state index is 13.7. The van der Waals surface area contributed by atoms with E-state index in [0.29, 0.717) is 45.9 Å². The number of anilines is 3. The van der Waals surface area contributed by atoms with Crippen molar-refractivity contribution in [3.63, 3.8) is 0 Å². The van der Waals surface area contributed by atoms with Crippen LogP contribution in [-0.4, -0.2) is 62.8 Å². The Labute approximate surface area is 301 Å². The standard InChI is InChI=1S/C39H40ClN7O4/c1-23-28(6-4-8-30(23)43-36-35-27(14-16-41-36)18-25(22-48)19-42-35)29-7-5-9-31(34(29)40)45-38(49)37-44-32-21-47(17-15-33(32)46(37)2)20-24-10-12-26(13-11-24)39(50)51-3/h4-9,14,16,18-19,22,24,26H,10-13,15,17,20-21H2,1-3H3,(H,41,43)(H,45,49)/t24-,26-. The molecule has 11 nitrogen and oxygen atoms in total. The van der Waals surface area contributed by atoms with E-state index in [-0.39, 0.29) is 17.8 Å². The minimum Gasteiger partial charge on any atom is -0.469 e. The molecular weight excluding hydrogens is 666 g/mol. The highest BCUT2D eigenvalue weighted by atomic mass is 35.5. The molecule has 51 heavy (non-hydrogen) atoms. The number of amides is 1. The number of aromatic nitrogens is 4. The monoisotopic (exact) mass is 705 g/mol. The first-order valence-corrected chi connectivity index (χ1v) is 17.6. The molecule has 5 aromatic rings. The van der Waals surface area contributed by atoms with Crippen molar-refractivity contribution in [1.29, 1.82) is 0 Å². The lowest BCUT2D eigenvalue weighted by Crippen LogP contribution is -2.36. The fourth-order valence-corrected chi connectivity index (χ4v) is 7.77. The van der Waals surface area contributed by atoms with E-state index < -0.39 is 0 Å². The maximum Gasteiger partial charge on any atom is 0.308 e. The molecule has 1 amide bonds. The van der Waals surface area contributed by atoms with Crippen LogP contribution in [0.4, 0.5) is 17.2 Å². The van der Waals surface area contributed by atoms with Crippen LogP contribution in [0.15, 0.2) is 60.9 Å². The summed E-state index contributed by atoms with van der Waals surface area (Å²) in [6, 6.07) is 15.1. The molecule has 0 spiro atoms. The van der Waals surface area contributed by atoms with Gasteiger partial charge in [-0.25, -0.2) is 9.97 Å². The van der Waals surface area contributed by atoms with E-state index in [1.54, 1.807) is 18.3 Å². The smallest absolute Gasteiger partial charge is 0.308 e. The third-order valence-corrected chi connectivity index (χ3v) is 10.7. The molecule has 1 aliphatic carbocycles. The number of imidazole rings is 1. The summed E-state index contributed by atoms with van der Waals surface area (Å²) in [5.41, 5.74) is 7.06. The van der Waals surface area contributed by atoms with E-state index >= 15 is 0 Å². The van der Waals surface area contributed by atoms with Gasteiger partial charge in [-0.2, -0.15) is 0 Å². The maximum absolute atomic E-state index is 13.7. The second-order valence-electron chi connectivity index (χ2n) is 13.5. The summed E-state index contributed by atoms with van der Waals surface area (Å²) in [7, 11) is 3.36. The van der Waals surface area contributed by atoms with Gasteiger partial charge in [0.2, 0.25) is 0 Å². The molecule has 2 aliphatic rings. The molecule has 0 unspecified atom stereocenters. The lowest BCUT2D eigenvalue weighted by atomic mass is 9.81. The Balaban J connectivity index is 1.05. The van der Waals surface area contributed by atoms with Gasteiger partial charge in [-0.05, 0) is 73.9 Å². The number of hydrogen-bond donors (Lipinski definition) is 2. The molecule has 0 saturated heterocycles. The molecule has 1 aliphatic heterocycles. The quantitative estimate of drug-likeness (QED) is 0.121. The van der Waals surface area contributed by atoms with Gasteiger partial charge in [0, 0.05) is 73.4 Å². The van der Waals surface area contributed by atoms with Crippen molar-refractivity contribution < 1.29 is 19.1 Å². The van der Waals surface area contributed by atoms with Crippen LogP contribution in [0.1, 0.15) is 63.6 Å². The summed E-state index contributed by atoms with van der Waals surface area (Å²) < 4.78 is 6.85. The molecule has 0 radical (unpaired) electrons. The van der Waals surface area contributed by atoms with Crippen molar-refractivity contribution >= 4 is 57.9 Å². The third-order valence-electron chi connectivity index (χ3n) is 10.3. The van der Waals surface area contributed by atoms with Crippen LogP contribution in [0.5, 0.6) is 0 Å². The Kier molecular flexibility index (Phi) is 9.84. The lowest BCUT2D eigenvalue weighted by Gasteiger charge is -2.33. The van der Waals surface area contributed by atoms with E-state index in [4.69, 9.17) is 21.3 Å². The molecule has 4 heterocycles. The second kappa shape index (κ2) is 14.6. The van der Waals surface area contributed by atoms with Gasteiger partial charge in [-0.15, -0.1) is 0 Å². The molecule has 3 aromatic heterocycles. The molecule has 2 N–H and O–H groups in total. The summed E-state index contributed by atoms with van der Waals surface area (Å²) in [5, 5.41) is 7.65. The number of carbonyl (C=O) groups excluding carboxylic acids is 3. The zero-order chi connectivity index (χ0) is 35.6. The Morgan fingerprint density at radius 2 is 1.80 bits per heavy atom. The van der Waals surface area contributed by atoms with Crippen molar-refractivity contribution in [2.75, 3.05) is 30.8 Å². The number of fused-ring (bicyclic) bond motifs is 2. The number of carbonyl (C=O) groups is 3. The zero-order valence-corrected chi connectivity index (χ0v) is 29.7. The number of methoxy groups -OCH3 is 1. The Hall–Kier alpha value is -5.13. The number of aldehydes is 1. The highest BCUT2D eigenvalue weighted by Gasteiger charge is 2.31. The van der Waals surface area contributed by atoms with E-state index in [1.165, 1.54) is 13.3 Å². The van der Waals surface area contributed by atoms with Crippen LogP contribution < -0.4 is 10.6 Å². The number of nitrogens with zero attached hydrogens (tertiary/aromatic N) is 5. The molecule has 2 aromatic carbocycles. The van der Waals surface area contributed by atoms with E-state index in [2.05, 4.69) is 25.5 Å². The molecule has 1 saturated carbocycles.